The number of carbonyl (C=O) groups excluding carboxylic acids is 2. The van der Waals surface area contributed by atoms with E-state index in [0.717, 1.165) is 12.8 Å². The predicted octanol–water partition coefficient (Wildman–Crippen LogP) is 2.16. The summed E-state index contributed by atoms with van der Waals surface area (Å²) >= 11 is 0. The highest BCUT2D eigenvalue weighted by atomic mass is 16.5. The first-order valence-electron chi connectivity index (χ1n) is 12.1. The highest BCUT2D eigenvalue weighted by molar-refractivity contribution is 5.97. The number of hydrogen-bond acceptors (Lipinski definition) is 6. The molecule has 8 nitrogen and oxygen atoms in total. The quantitative estimate of drug-likeness (QED) is 0.642. The summed E-state index contributed by atoms with van der Waals surface area (Å²) in [6.45, 7) is 4.34. The van der Waals surface area contributed by atoms with Gasteiger partial charge in [-0.15, -0.1) is 0 Å². The molecule has 1 N–H and O–H groups in total. The standard InChI is InChI=1S/C27H32N4O4/c1-18-15-31(19(2)17-32)27(34)23-12-21(10-9-20-7-8-20)14-29-26(23)35-24(18)16-30(3)25(33)13-22-6-4-5-11-28-22/h4-6,11-12,14,18-20,24,32H,7-8,13,15-17H2,1-3H3/t18-,19+,24-/m1/s1. The zero-order chi connectivity index (χ0) is 24.9. The number of amides is 2. The number of hydrogen-bond donors (Lipinski definition) is 1. The number of aromatic nitrogens is 2. The van der Waals surface area contributed by atoms with Gasteiger partial charge in [0.2, 0.25) is 11.8 Å². The molecular formula is C27H32N4O4. The first kappa shape index (κ1) is 24.7. The molecule has 0 saturated heterocycles. The van der Waals surface area contributed by atoms with Gasteiger partial charge in [0.05, 0.1) is 25.6 Å². The Morgan fingerprint density at radius 3 is 2.83 bits per heavy atom. The molecular weight excluding hydrogens is 444 g/mol. The average Bonchev–Trinajstić information content (AvgIpc) is 3.69. The molecule has 0 aromatic carbocycles. The summed E-state index contributed by atoms with van der Waals surface area (Å²) in [5.41, 5.74) is 1.70. The van der Waals surface area contributed by atoms with Crippen molar-refractivity contribution < 1.29 is 19.4 Å². The van der Waals surface area contributed by atoms with E-state index in [1.165, 1.54) is 0 Å². The van der Waals surface area contributed by atoms with Gasteiger partial charge in [-0.25, -0.2) is 4.98 Å². The van der Waals surface area contributed by atoms with Crippen LogP contribution < -0.4 is 4.74 Å². The van der Waals surface area contributed by atoms with E-state index in [2.05, 4.69) is 21.8 Å². The van der Waals surface area contributed by atoms with E-state index < -0.39 is 6.10 Å². The van der Waals surface area contributed by atoms with Crippen LogP contribution in [0.5, 0.6) is 5.88 Å². The Morgan fingerprint density at radius 2 is 2.14 bits per heavy atom. The van der Waals surface area contributed by atoms with Crippen LogP contribution in [0, 0.1) is 23.7 Å². The second kappa shape index (κ2) is 10.9. The smallest absolute Gasteiger partial charge is 0.259 e. The van der Waals surface area contributed by atoms with Crippen molar-refractivity contribution in [3.8, 4) is 17.7 Å². The van der Waals surface area contributed by atoms with E-state index in [-0.39, 0.29) is 42.7 Å². The zero-order valence-electron chi connectivity index (χ0n) is 20.5. The Morgan fingerprint density at radius 1 is 1.34 bits per heavy atom. The Hall–Kier alpha value is -3.44. The summed E-state index contributed by atoms with van der Waals surface area (Å²) in [5, 5.41) is 9.81. The van der Waals surface area contributed by atoms with Crippen LogP contribution >= 0.6 is 0 Å². The fraction of sp³-hybridized carbons (Fsp3) is 0.481. The summed E-state index contributed by atoms with van der Waals surface area (Å²) in [4.78, 5) is 38.3. The summed E-state index contributed by atoms with van der Waals surface area (Å²) in [6, 6.07) is 6.84. The minimum Gasteiger partial charge on any atom is -0.472 e. The molecule has 0 radical (unpaired) electrons. The van der Waals surface area contributed by atoms with Crippen molar-refractivity contribution in [1.29, 1.82) is 0 Å². The van der Waals surface area contributed by atoms with Crippen LogP contribution in [0.2, 0.25) is 0 Å². The minimum absolute atomic E-state index is 0.0721. The molecule has 2 aliphatic rings. The van der Waals surface area contributed by atoms with Gasteiger partial charge < -0.3 is 19.6 Å². The van der Waals surface area contributed by atoms with Gasteiger partial charge in [0.15, 0.2) is 0 Å². The lowest BCUT2D eigenvalue weighted by Gasteiger charge is -2.37. The number of ether oxygens (including phenoxy) is 1. The molecule has 3 atom stereocenters. The maximum atomic E-state index is 13.5. The normalized spacial score (nSPS) is 20.5. The number of aliphatic hydroxyl groups excluding tert-OH is 1. The Labute approximate surface area is 206 Å². The molecule has 2 amide bonds. The summed E-state index contributed by atoms with van der Waals surface area (Å²) < 4.78 is 6.27. The number of pyridine rings is 2. The van der Waals surface area contributed by atoms with E-state index >= 15 is 0 Å². The minimum atomic E-state index is -0.399. The fourth-order valence-electron chi connectivity index (χ4n) is 3.97. The van der Waals surface area contributed by atoms with Gasteiger partial charge in [0.25, 0.3) is 5.91 Å². The van der Waals surface area contributed by atoms with Crippen molar-refractivity contribution in [2.24, 2.45) is 11.8 Å². The number of aliphatic hydroxyl groups is 1. The number of nitrogens with zero attached hydrogens (tertiary/aromatic N) is 4. The van der Waals surface area contributed by atoms with Gasteiger partial charge in [0, 0.05) is 49.1 Å². The van der Waals surface area contributed by atoms with Crippen LogP contribution in [0.4, 0.5) is 0 Å². The monoisotopic (exact) mass is 476 g/mol. The Bertz CT molecular complexity index is 1120. The van der Waals surface area contributed by atoms with Crippen LogP contribution in [0.15, 0.2) is 36.7 Å². The third-order valence-electron chi connectivity index (χ3n) is 6.46. The molecule has 2 aromatic heterocycles. The van der Waals surface area contributed by atoms with Crippen molar-refractivity contribution in [2.45, 2.75) is 45.3 Å². The van der Waals surface area contributed by atoms with Crippen molar-refractivity contribution >= 4 is 11.8 Å². The molecule has 35 heavy (non-hydrogen) atoms. The predicted molar refractivity (Wildman–Crippen MR) is 131 cm³/mol. The Kier molecular flexibility index (Phi) is 7.67. The fourth-order valence-corrected chi connectivity index (χ4v) is 3.97. The third kappa shape index (κ3) is 6.17. The molecule has 8 heteroatoms. The molecule has 1 aliphatic carbocycles. The first-order chi connectivity index (χ1) is 16.9. The SMILES string of the molecule is C[C@@H]1CN([C@@H](C)CO)C(=O)c2cc(C#CC3CC3)cnc2O[C@@H]1CN(C)C(=O)Cc1ccccn1. The van der Waals surface area contributed by atoms with Crippen molar-refractivity contribution in [1.82, 2.24) is 19.8 Å². The molecule has 2 aromatic rings. The van der Waals surface area contributed by atoms with Crippen LogP contribution in [0.1, 0.15) is 48.3 Å². The molecule has 0 bridgehead atoms. The third-order valence-corrected chi connectivity index (χ3v) is 6.46. The van der Waals surface area contributed by atoms with Gasteiger partial charge in [-0.05, 0) is 38.0 Å². The average molecular weight is 477 g/mol. The number of rotatable bonds is 6. The summed E-state index contributed by atoms with van der Waals surface area (Å²) in [6.07, 6.45) is 5.32. The van der Waals surface area contributed by atoms with Crippen LogP contribution in [0.25, 0.3) is 0 Å². The van der Waals surface area contributed by atoms with Gasteiger partial charge in [-0.2, -0.15) is 0 Å². The number of likely N-dealkylation sites (N-methyl/N-ethyl adjacent to an activating group) is 1. The molecule has 4 rings (SSSR count). The second-order valence-electron chi connectivity index (χ2n) is 9.52. The van der Waals surface area contributed by atoms with Crippen LogP contribution in [-0.4, -0.2) is 75.6 Å². The van der Waals surface area contributed by atoms with Gasteiger partial charge in [-0.1, -0.05) is 24.8 Å². The largest absolute Gasteiger partial charge is 0.472 e. The molecule has 3 heterocycles. The van der Waals surface area contributed by atoms with E-state index in [4.69, 9.17) is 4.74 Å². The van der Waals surface area contributed by atoms with Crippen molar-refractivity contribution in [2.75, 3.05) is 26.7 Å². The van der Waals surface area contributed by atoms with Crippen molar-refractivity contribution in [3.05, 3.63) is 53.5 Å². The number of carbonyl (C=O) groups is 2. The molecule has 1 saturated carbocycles. The maximum Gasteiger partial charge on any atom is 0.259 e. The first-order valence-corrected chi connectivity index (χ1v) is 12.1. The lowest BCUT2D eigenvalue weighted by atomic mass is 9.99. The highest BCUT2D eigenvalue weighted by Gasteiger charge is 2.34. The molecule has 1 fully saturated rings. The van der Waals surface area contributed by atoms with E-state index in [1.807, 2.05) is 32.0 Å². The zero-order valence-corrected chi connectivity index (χ0v) is 20.5. The van der Waals surface area contributed by atoms with E-state index in [0.29, 0.717) is 35.8 Å². The van der Waals surface area contributed by atoms with Crippen molar-refractivity contribution in [3.63, 3.8) is 0 Å². The van der Waals surface area contributed by atoms with Gasteiger partial charge in [-0.3, -0.25) is 14.6 Å². The highest BCUT2D eigenvalue weighted by Crippen LogP contribution is 2.29. The molecule has 1 aliphatic heterocycles. The lowest BCUT2D eigenvalue weighted by molar-refractivity contribution is -0.130. The summed E-state index contributed by atoms with van der Waals surface area (Å²) in [7, 11) is 1.74. The van der Waals surface area contributed by atoms with E-state index in [1.54, 1.807) is 35.3 Å². The maximum absolute atomic E-state index is 13.5. The lowest BCUT2D eigenvalue weighted by Crippen LogP contribution is -2.50. The molecule has 0 spiro atoms. The Balaban J connectivity index is 1.58. The molecule has 184 valence electrons. The van der Waals surface area contributed by atoms with Gasteiger partial charge in [0.1, 0.15) is 11.7 Å². The molecule has 0 unspecified atom stereocenters. The van der Waals surface area contributed by atoms with E-state index in [9.17, 15) is 14.7 Å². The van der Waals surface area contributed by atoms with Gasteiger partial charge >= 0.3 is 0 Å². The second-order valence-corrected chi connectivity index (χ2v) is 9.52. The summed E-state index contributed by atoms with van der Waals surface area (Å²) in [5.74, 6) is 6.54. The van der Waals surface area contributed by atoms with Crippen LogP contribution in [-0.2, 0) is 11.2 Å². The number of fused-ring (bicyclic) bond motifs is 1. The topological polar surface area (TPSA) is 95.9 Å². The van der Waals surface area contributed by atoms with Crippen LogP contribution in [0.3, 0.4) is 0 Å².